The molecule has 0 atom stereocenters. The van der Waals surface area contributed by atoms with Crippen LogP contribution in [0.3, 0.4) is 0 Å². The lowest BCUT2D eigenvalue weighted by Gasteiger charge is -2.11. The van der Waals surface area contributed by atoms with E-state index in [4.69, 9.17) is 26.0 Å². The van der Waals surface area contributed by atoms with Gasteiger partial charge in [-0.15, -0.1) is 0 Å². The molecule has 0 unspecified atom stereocenters. The Hall–Kier alpha value is -3.12. The average molecular weight is 309 g/mol. The van der Waals surface area contributed by atoms with Crippen LogP contribution in [0.5, 0.6) is 5.75 Å². The molecule has 6 nitrogen and oxygen atoms in total. The van der Waals surface area contributed by atoms with Gasteiger partial charge in [-0.2, -0.15) is 0 Å². The van der Waals surface area contributed by atoms with Crippen molar-refractivity contribution in [2.75, 3.05) is 0 Å². The molecule has 0 amide bonds. The molecule has 6 heteroatoms. The summed E-state index contributed by atoms with van der Waals surface area (Å²) in [6.07, 6.45) is 0. The number of nitrogens with one attached hydrogen (secondary N) is 1. The van der Waals surface area contributed by atoms with E-state index in [0.717, 1.165) is 10.8 Å². The predicted molar refractivity (Wildman–Crippen MR) is 86.5 cm³/mol. The molecule has 0 spiro atoms. The molecule has 1 heterocycles. The predicted octanol–water partition coefficient (Wildman–Crippen LogP) is 2.39. The van der Waals surface area contributed by atoms with Gasteiger partial charge in [0.25, 0.3) is 0 Å². The first-order chi connectivity index (χ1) is 11.1. The number of furan rings is 1. The first kappa shape index (κ1) is 14.8. The minimum atomic E-state index is -0.664. The number of carbonyl (C=O) groups is 1. The van der Waals surface area contributed by atoms with Crippen LogP contribution in [0.1, 0.15) is 21.9 Å². The van der Waals surface area contributed by atoms with E-state index in [2.05, 4.69) is 0 Å². The summed E-state index contributed by atoms with van der Waals surface area (Å²) in [6.45, 7) is 0.196. The Balaban J connectivity index is 2.00. The minimum absolute atomic E-state index is 0.0492. The Morgan fingerprint density at radius 2 is 1.91 bits per heavy atom. The highest BCUT2D eigenvalue weighted by Gasteiger charge is 2.18. The van der Waals surface area contributed by atoms with Gasteiger partial charge in [-0.3, -0.25) is 5.41 Å². The van der Waals surface area contributed by atoms with Gasteiger partial charge < -0.3 is 20.6 Å². The molecule has 3 aromatic rings. The third kappa shape index (κ3) is 2.79. The topological polar surface area (TPSA) is 115 Å². The van der Waals surface area contributed by atoms with E-state index in [0.29, 0.717) is 11.3 Å². The van der Waals surface area contributed by atoms with Crippen LogP contribution in [0.25, 0.3) is 10.8 Å². The largest absolute Gasteiger partial charge is 0.453 e. The molecule has 0 radical (unpaired) electrons. The summed E-state index contributed by atoms with van der Waals surface area (Å²) in [6, 6.07) is 14.0. The second-order valence-electron chi connectivity index (χ2n) is 4.93. The minimum Gasteiger partial charge on any atom is -0.453 e. The standard InChI is InChI=1S/C17H15N3O3/c18-9-11-6-8-14(22-11)17(21)23-13-7-5-10-3-1-2-4-12(10)15(13)16(19)20/h1-8H,9,18H2,(H3,19,20). The molecular weight excluding hydrogens is 294 g/mol. The van der Waals surface area contributed by atoms with Crippen molar-refractivity contribution in [1.29, 1.82) is 5.41 Å². The SMILES string of the molecule is N=C(N)c1c(OC(=O)c2ccc(CN)o2)ccc2ccccc12. The van der Waals surface area contributed by atoms with Gasteiger partial charge in [-0.1, -0.05) is 30.3 Å². The number of nitrogen functional groups attached to an aromatic ring is 1. The fourth-order valence-electron chi connectivity index (χ4n) is 2.36. The van der Waals surface area contributed by atoms with Crippen molar-refractivity contribution in [1.82, 2.24) is 0 Å². The molecular formula is C17H15N3O3. The molecule has 1 aromatic heterocycles. The fourth-order valence-corrected chi connectivity index (χ4v) is 2.36. The van der Waals surface area contributed by atoms with E-state index in [1.807, 2.05) is 24.3 Å². The highest BCUT2D eigenvalue weighted by Crippen LogP contribution is 2.28. The zero-order valence-electron chi connectivity index (χ0n) is 12.2. The number of esters is 1. The van der Waals surface area contributed by atoms with Crippen molar-refractivity contribution in [3.05, 3.63) is 65.6 Å². The van der Waals surface area contributed by atoms with Gasteiger partial charge in [-0.25, -0.2) is 4.79 Å². The summed E-state index contributed by atoms with van der Waals surface area (Å²) in [5.41, 5.74) is 11.5. The lowest BCUT2D eigenvalue weighted by Crippen LogP contribution is -2.16. The molecule has 23 heavy (non-hydrogen) atoms. The molecule has 2 aromatic carbocycles. The van der Waals surface area contributed by atoms with Crippen LogP contribution in [0.15, 0.2) is 52.9 Å². The Labute approximate surface area is 132 Å². The number of rotatable bonds is 4. The lowest BCUT2D eigenvalue weighted by atomic mass is 10.0. The van der Waals surface area contributed by atoms with Gasteiger partial charge in [0, 0.05) is 0 Å². The Morgan fingerprint density at radius 1 is 1.13 bits per heavy atom. The van der Waals surface area contributed by atoms with E-state index in [1.165, 1.54) is 6.07 Å². The fraction of sp³-hybridized carbons (Fsp3) is 0.0588. The van der Waals surface area contributed by atoms with Crippen molar-refractivity contribution >= 4 is 22.6 Å². The second-order valence-corrected chi connectivity index (χ2v) is 4.93. The van der Waals surface area contributed by atoms with E-state index in [9.17, 15) is 4.79 Å². The summed E-state index contributed by atoms with van der Waals surface area (Å²) in [4.78, 5) is 12.2. The van der Waals surface area contributed by atoms with Crippen molar-refractivity contribution in [3.63, 3.8) is 0 Å². The molecule has 0 saturated carbocycles. The van der Waals surface area contributed by atoms with Gasteiger partial charge in [-0.05, 0) is 29.0 Å². The molecule has 0 fully saturated rings. The number of carbonyl (C=O) groups excluding carboxylic acids is 1. The van der Waals surface area contributed by atoms with E-state index in [1.54, 1.807) is 18.2 Å². The Kier molecular flexibility index (Phi) is 3.82. The highest BCUT2D eigenvalue weighted by molar-refractivity contribution is 6.10. The number of amidine groups is 1. The van der Waals surface area contributed by atoms with E-state index >= 15 is 0 Å². The van der Waals surface area contributed by atoms with Crippen LogP contribution in [0.4, 0.5) is 0 Å². The van der Waals surface area contributed by atoms with Gasteiger partial charge in [0.1, 0.15) is 17.3 Å². The molecule has 0 aliphatic rings. The Morgan fingerprint density at radius 3 is 2.61 bits per heavy atom. The number of benzene rings is 2. The van der Waals surface area contributed by atoms with Gasteiger partial charge in [0.2, 0.25) is 5.76 Å². The number of fused-ring (bicyclic) bond motifs is 1. The van der Waals surface area contributed by atoms with Crippen molar-refractivity contribution in [3.8, 4) is 5.75 Å². The van der Waals surface area contributed by atoms with Crippen LogP contribution in [0, 0.1) is 5.41 Å². The quantitative estimate of drug-likeness (QED) is 0.296. The van der Waals surface area contributed by atoms with Crippen LogP contribution in [0.2, 0.25) is 0 Å². The summed E-state index contributed by atoms with van der Waals surface area (Å²) in [7, 11) is 0. The van der Waals surface area contributed by atoms with Gasteiger partial charge in [0.15, 0.2) is 0 Å². The number of ether oxygens (including phenoxy) is 1. The highest BCUT2D eigenvalue weighted by atomic mass is 16.5. The normalized spacial score (nSPS) is 10.7. The Bertz CT molecular complexity index is 899. The first-order valence-electron chi connectivity index (χ1n) is 6.97. The molecule has 5 N–H and O–H groups in total. The van der Waals surface area contributed by atoms with Crippen molar-refractivity contribution in [2.24, 2.45) is 11.5 Å². The molecule has 0 aliphatic carbocycles. The number of nitrogens with two attached hydrogens (primary N) is 2. The van der Waals surface area contributed by atoms with E-state index in [-0.39, 0.29) is 23.9 Å². The summed E-state index contributed by atoms with van der Waals surface area (Å²) in [5, 5.41) is 9.43. The molecule has 0 saturated heterocycles. The lowest BCUT2D eigenvalue weighted by molar-refractivity contribution is 0.0699. The monoisotopic (exact) mass is 309 g/mol. The third-order valence-electron chi connectivity index (χ3n) is 3.43. The summed E-state index contributed by atoms with van der Waals surface area (Å²) >= 11 is 0. The van der Waals surface area contributed by atoms with Crippen molar-refractivity contribution < 1.29 is 13.9 Å². The van der Waals surface area contributed by atoms with Crippen LogP contribution in [-0.4, -0.2) is 11.8 Å². The van der Waals surface area contributed by atoms with Crippen molar-refractivity contribution in [2.45, 2.75) is 6.54 Å². The van der Waals surface area contributed by atoms with Crippen LogP contribution in [-0.2, 0) is 6.54 Å². The van der Waals surface area contributed by atoms with Crippen LogP contribution >= 0.6 is 0 Å². The zero-order chi connectivity index (χ0) is 16.4. The number of hydrogen-bond donors (Lipinski definition) is 3. The maximum absolute atomic E-state index is 12.2. The zero-order valence-corrected chi connectivity index (χ0v) is 12.2. The van der Waals surface area contributed by atoms with Gasteiger partial charge in [0.05, 0.1) is 12.1 Å². The van der Waals surface area contributed by atoms with E-state index < -0.39 is 5.97 Å². The molecule has 116 valence electrons. The molecule has 0 bridgehead atoms. The summed E-state index contributed by atoms with van der Waals surface area (Å²) < 4.78 is 10.6. The smallest absolute Gasteiger partial charge is 0.379 e. The summed E-state index contributed by atoms with van der Waals surface area (Å²) in [5.74, 6) is -0.0866. The van der Waals surface area contributed by atoms with Crippen LogP contribution < -0.4 is 16.2 Å². The molecule has 0 aliphatic heterocycles. The maximum atomic E-state index is 12.2. The second kappa shape index (κ2) is 5.94. The number of hydrogen-bond acceptors (Lipinski definition) is 5. The average Bonchev–Trinajstić information content (AvgIpc) is 3.03. The maximum Gasteiger partial charge on any atom is 0.379 e. The molecule has 3 rings (SSSR count). The third-order valence-corrected chi connectivity index (χ3v) is 3.43. The first-order valence-corrected chi connectivity index (χ1v) is 6.97. The van der Waals surface area contributed by atoms with Gasteiger partial charge >= 0.3 is 5.97 Å².